The van der Waals surface area contributed by atoms with Gasteiger partial charge in [-0.3, -0.25) is 9.59 Å². The summed E-state index contributed by atoms with van der Waals surface area (Å²) in [6.07, 6.45) is 5.16. The molecule has 0 aliphatic carbocycles. The Morgan fingerprint density at radius 2 is 1.93 bits per heavy atom. The maximum absolute atomic E-state index is 11.2. The van der Waals surface area contributed by atoms with Gasteiger partial charge in [-0.05, 0) is 19.3 Å². The van der Waals surface area contributed by atoms with E-state index in [1.54, 1.807) is 14.1 Å². The van der Waals surface area contributed by atoms with E-state index < -0.39 is 0 Å². The average molecular weight is 197 g/mol. The third kappa shape index (κ3) is 6.40. The molecule has 0 radical (unpaired) electrons. The van der Waals surface area contributed by atoms with E-state index in [2.05, 4.69) is 6.58 Å². The molecule has 0 atom stereocenters. The summed E-state index contributed by atoms with van der Waals surface area (Å²) < 4.78 is 0. The molecular formula is C11H19NO2. The van der Waals surface area contributed by atoms with E-state index in [4.69, 9.17) is 0 Å². The van der Waals surface area contributed by atoms with Crippen molar-refractivity contribution in [2.24, 2.45) is 0 Å². The molecule has 0 unspecified atom stereocenters. The molecule has 0 saturated carbocycles. The number of unbranched alkanes of at least 4 members (excludes halogenated alkanes) is 2. The van der Waals surface area contributed by atoms with Crippen molar-refractivity contribution in [2.75, 3.05) is 14.1 Å². The number of hydrogen-bond acceptors (Lipinski definition) is 2. The lowest BCUT2D eigenvalue weighted by Crippen LogP contribution is -2.24. The van der Waals surface area contributed by atoms with Crippen LogP contribution < -0.4 is 0 Å². The van der Waals surface area contributed by atoms with Gasteiger partial charge < -0.3 is 4.90 Å². The zero-order valence-corrected chi connectivity index (χ0v) is 9.08. The van der Waals surface area contributed by atoms with Crippen molar-refractivity contribution in [1.82, 2.24) is 4.90 Å². The molecule has 0 heterocycles. The van der Waals surface area contributed by atoms with Gasteiger partial charge in [0.1, 0.15) is 5.78 Å². The molecule has 0 aliphatic heterocycles. The molecule has 0 N–H and O–H groups in total. The highest BCUT2D eigenvalue weighted by atomic mass is 16.2. The minimum atomic E-state index is -0.112. The number of carbonyl (C=O) groups is 2. The first kappa shape index (κ1) is 12.9. The van der Waals surface area contributed by atoms with Crippen LogP contribution in [-0.4, -0.2) is 30.7 Å². The van der Waals surface area contributed by atoms with Crippen molar-refractivity contribution < 1.29 is 9.59 Å². The van der Waals surface area contributed by atoms with E-state index in [0.29, 0.717) is 6.42 Å². The first-order valence-electron chi connectivity index (χ1n) is 4.90. The van der Waals surface area contributed by atoms with Crippen molar-refractivity contribution in [2.45, 2.75) is 32.1 Å². The van der Waals surface area contributed by atoms with E-state index in [1.807, 2.05) is 6.08 Å². The van der Waals surface area contributed by atoms with Gasteiger partial charge in [0.05, 0.1) is 6.42 Å². The third-order valence-electron chi connectivity index (χ3n) is 1.96. The van der Waals surface area contributed by atoms with E-state index in [9.17, 15) is 9.59 Å². The van der Waals surface area contributed by atoms with E-state index in [-0.39, 0.29) is 18.1 Å². The summed E-state index contributed by atoms with van der Waals surface area (Å²) in [7, 11) is 3.32. The Bertz CT molecular complexity index is 209. The lowest BCUT2D eigenvalue weighted by molar-refractivity contribution is -0.133. The zero-order valence-electron chi connectivity index (χ0n) is 9.08. The molecule has 0 aliphatic rings. The molecule has 0 aromatic carbocycles. The standard InChI is InChI=1S/C11H19NO2/c1-4-5-6-7-8-10(13)9-11(14)12(2)3/h4H,1,5-9H2,2-3H3. The normalized spacial score (nSPS) is 9.57. The number of Topliss-reactive ketones (excluding diaryl/α,β-unsaturated/α-hetero) is 1. The number of hydrogen-bond donors (Lipinski definition) is 0. The molecule has 0 aromatic heterocycles. The van der Waals surface area contributed by atoms with Crippen LogP contribution in [0.1, 0.15) is 32.1 Å². The summed E-state index contributed by atoms with van der Waals surface area (Å²) in [6, 6.07) is 0. The summed E-state index contributed by atoms with van der Waals surface area (Å²) >= 11 is 0. The molecule has 0 rings (SSSR count). The topological polar surface area (TPSA) is 37.4 Å². The first-order chi connectivity index (χ1) is 6.57. The van der Waals surface area contributed by atoms with Crippen molar-refractivity contribution in [3.63, 3.8) is 0 Å². The van der Waals surface area contributed by atoms with Gasteiger partial charge in [0.15, 0.2) is 0 Å². The fourth-order valence-electron chi connectivity index (χ4n) is 1.03. The van der Waals surface area contributed by atoms with Crippen molar-refractivity contribution >= 4 is 11.7 Å². The molecule has 0 saturated heterocycles. The predicted molar refractivity (Wildman–Crippen MR) is 57.0 cm³/mol. The summed E-state index contributed by atoms with van der Waals surface area (Å²) in [5.41, 5.74) is 0. The zero-order chi connectivity index (χ0) is 11.0. The van der Waals surface area contributed by atoms with Crippen LogP contribution in [0.4, 0.5) is 0 Å². The lowest BCUT2D eigenvalue weighted by Gasteiger charge is -2.08. The average Bonchev–Trinajstić information content (AvgIpc) is 2.12. The molecule has 0 aromatic rings. The van der Waals surface area contributed by atoms with Crippen molar-refractivity contribution in [3.8, 4) is 0 Å². The second kappa shape index (κ2) is 7.30. The van der Waals surface area contributed by atoms with Gasteiger partial charge in [-0.25, -0.2) is 0 Å². The molecule has 3 nitrogen and oxygen atoms in total. The highest BCUT2D eigenvalue weighted by molar-refractivity contribution is 5.97. The maximum atomic E-state index is 11.2. The maximum Gasteiger partial charge on any atom is 0.229 e. The SMILES string of the molecule is C=CCCCCC(=O)CC(=O)N(C)C. The molecule has 0 fully saturated rings. The Labute approximate surface area is 85.8 Å². The van der Waals surface area contributed by atoms with Gasteiger partial charge in [0.25, 0.3) is 0 Å². The molecule has 0 bridgehead atoms. The Kier molecular flexibility index (Phi) is 6.72. The van der Waals surface area contributed by atoms with Gasteiger partial charge in [-0.2, -0.15) is 0 Å². The predicted octanol–water partition coefficient (Wildman–Crippen LogP) is 1.78. The molecule has 0 spiro atoms. The van der Waals surface area contributed by atoms with Crippen LogP contribution in [0.25, 0.3) is 0 Å². The van der Waals surface area contributed by atoms with Gasteiger partial charge in [-0.1, -0.05) is 6.08 Å². The van der Waals surface area contributed by atoms with Crippen LogP contribution in [0, 0.1) is 0 Å². The fourth-order valence-corrected chi connectivity index (χ4v) is 1.03. The second-order valence-corrected chi connectivity index (χ2v) is 3.54. The number of carbonyl (C=O) groups excluding carboxylic acids is 2. The van der Waals surface area contributed by atoms with Crippen LogP contribution >= 0.6 is 0 Å². The monoisotopic (exact) mass is 197 g/mol. The summed E-state index contributed by atoms with van der Waals surface area (Å²) in [5.74, 6) is -0.0773. The lowest BCUT2D eigenvalue weighted by atomic mass is 10.1. The van der Waals surface area contributed by atoms with E-state index in [0.717, 1.165) is 19.3 Å². The van der Waals surface area contributed by atoms with E-state index >= 15 is 0 Å². The number of rotatable bonds is 7. The molecule has 14 heavy (non-hydrogen) atoms. The van der Waals surface area contributed by atoms with Gasteiger partial charge in [-0.15, -0.1) is 6.58 Å². The molecule has 80 valence electrons. The van der Waals surface area contributed by atoms with Crippen molar-refractivity contribution in [3.05, 3.63) is 12.7 Å². The van der Waals surface area contributed by atoms with Crippen LogP contribution in [0.15, 0.2) is 12.7 Å². The number of ketones is 1. The molecular weight excluding hydrogens is 178 g/mol. The van der Waals surface area contributed by atoms with Gasteiger partial charge in [0, 0.05) is 20.5 Å². The van der Waals surface area contributed by atoms with E-state index in [1.165, 1.54) is 4.90 Å². The summed E-state index contributed by atoms with van der Waals surface area (Å²) in [4.78, 5) is 23.8. The van der Waals surface area contributed by atoms with Crippen LogP contribution in [0.2, 0.25) is 0 Å². The fraction of sp³-hybridized carbons (Fsp3) is 0.636. The quantitative estimate of drug-likeness (QED) is 0.354. The largest absolute Gasteiger partial charge is 0.348 e. The minimum absolute atomic E-state index is 0.0350. The van der Waals surface area contributed by atoms with Crippen molar-refractivity contribution in [1.29, 1.82) is 0 Å². The molecule has 3 heteroatoms. The first-order valence-corrected chi connectivity index (χ1v) is 4.90. The number of amides is 1. The Balaban J connectivity index is 3.55. The summed E-state index contributed by atoms with van der Waals surface area (Å²) in [6.45, 7) is 3.60. The molecule has 1 amide bonds. The number of allylic oxidation sites excluding steroid dienone is 1. The third-order valence-corrected chi connectivity index (χ3v) is 1.96. The Hall–Kier alpha value is -1.12. The number of nitrogens with zero attached hydrogens (tertiary/aromatic N) is 1. The van der Waals surface area contributed by atoms with Gasteiger partial charge in [0.2, 0.25) is 5.91 Å². The smallest absolute Gasteiger partial charge is 0.229 e. The van der Waals surface area contributed by atoms with Crippen LogP contribution in [0.3, 0.4) is 0 Å². The summed E-state index contributed by atoms with van der Waals surface area (Å²) in [5, 5.41) is 0. The van der Waals surface area contributed by atoms with Gasteiger partial charge >= 0.3 is 0 Å². The van der Waals surface area contributed by atoms with Crippen LogP contribution in [-0.2, 0) is 9.59 Å². The van der Waals surface area contributed by atoms with Crippen LogP contribution in [0.5, 0.6) is 0 Å². The minimum Gasteiger partial charge on any atom is -0.348 e. The second-order valence-electron chi connectivity index (χ2n) is 3.54. The highest BCUT2D eigenvalue weighted by Gasteiger charge is 2.10. The Morgan fingerprint density at radius 1 is 1.29 bits per heavy atom. The highest BCUT2D eigenvalue weighted by Crippen LogP contribution is 2.03. The Morgan fingerprint density at radius 3 is 2.43 bits per heavy atom.